The van der Waals surface area contributed by atoms with E-state index in [9.17, 15) is 17.3 Å². The molecule has 2 heterocycles. The van der Waals surface area contributed by atoms with Gasteiger partial charge in [0.25, 0.3) is 0 Å². The van der Waals surface area contributed by atoms with E-state index in [0.29, 0.717) is 0 Å². The Balaban J connectivity index is 0.000000608. The Labute approximate surface area is 303 Å². The quantitative estimate of drug-likeness (QED) is 0.117. The average molecular weight is 796 g/mol. The number of hydrogen-bond acceptors (Lipinski definition) is 0. The summed E-state index contributed by atoms with van der Waals surface area (Å²) in [6.45, 7) is 9.30. The predicted octanol–water partition coefficient (Wildman–Crippen LogP) is 12.8. The summed E-state index contributed by atoms with van der Waals surface area (Å²) in [6.07, 6.45) is 46.6. The van der Waals surface area contributed by atoms with Crippen molar-refractivity contribution in [3.63, 3.8) is 0 Å². The molecule has 0 amide bonds. The van der Waals surface area contributed by atoms with Crippen molar-refractivity contribution in [3.05, 3.63) is 88.4 Å². The van der Waals surface area contributed by atoms with Crippen LogP contribution in [0.4, 0.5) is 17.3 Å². The second-order valence-corrected chi connectivity index (χ2v) is 17.5. The van der Waals surface area contributed by atoms with Gasteiger partial charge in [0.2, 0.25) is 0 Å². The largest absolute Gasteiger partial charge is 2.00 e. The smallest absolute Gasteiger partial charge is 0.418 e. The van der Waals surface area contributed by atoms with Crippen LogP contribution in [0.2, 0.25) is 0 Å². The van der Waals surface area contributed by atoms with E-state index < -0.39 is 7.25 Å². The van der Waals surface area contributed by atoms with Gasteiger partial charge in [-0.2, -0.15) is 0 Å². The van der Waals surface area contributed by atoms with Crippen molar-refractivity contribution in [2.45, 2.75) is 140 Å². The van der Waals surface area contributed by atoms with Crippen LogP contribution >= 0.6 is 15.8 Å². The van der Waals surface area contributed by atoms with Gasteiger partial charge in [0, 0.05) is 30.8 Å². The van der Waals surface area contributed by atoms with E-state index in [-0.39, 0.29) is 52.4 Å². The van der Waals surface area contributed by atoms with E-state index in [4.69, 9.17) is 0 Å². The summed E-state index contributed by atoms with van der Waals surface area (Å²) in [5, 5.41) is 0. The zero-order valence-corrected chi connectivity index (χ0v) is 32.3. The maximum Gasteiger partial charge on any atom is 2.00 e. The Bertz CT molecular complexity index is 584. The number of rotatable bonds is 10. The molecule has 15 radical (unpaired) electrons. The van der Waals surface area contributed by atoms with Crippen LogP contribution in [0.1, 0.15) is 118 Å². The molecule has 5 aliphatic rings. The van der Waals surface area contributed by atoms with Crippen LogP contribution < -0.4 is 0 Å². The van der Waals surface area contributed by atoms with Crippen molar-refractivity contribution in [1.29, 1.82) is 0 Å². The van der Waals surface area contributed by atoms with E-state index in [0.717, 1.165) is 22.6 Å². The molecule has 0 N–H and O–H groups in total. The van der Waals surface area contributed by atoms with Crippen molar-refractivity contribution in [1.82, 2.24) is 0 Å². The molecule has 5 fully saturated rings. The van der Waals surface area contributed by atoms with Crippen molar-refractivity contribution in [2.24, 2.45) is 0 Å². The third-order valence-corrected chi connectivity index (χ3v) is 15.2. The van der Waals surface area contributed by atoms with Gasteiger partial charge < -0.3 is 17.3 Å². The Morgan fingerprint density at radius 3 is 0.956 bits per heavy atom. The summed E-state index contributed by atoms with van der Waals surface area (Å²) in [4.78, 5) is 0. The van der Waals surface area contributed by atoms with Gasteiger partial charge in [-0.15, -0.1) is 0 Å². The molecular formula is C36H56BF4FeP2Rh+. The standard InChI is InChI=1S/2C14H22P.C8H12.BF4.Fe.Rh/c2*1-3-7-13-11-14(8-4-2)15(13)12-9-5-6-10-12;1-2-4-6-8-7-5-3-1;2-1(3,4)5;;/h2*5-6,9-10,13-14H,3-4,7-8,11H2,1-2H3;1-2,7-8H,3-6H2;;;/q;;;-1;+2;/t2*13-,14-;;;;/m11..../s1. The van der Waals surface area contributed by atoms with Gasteiger partial charge in [0.05, 0.1) is 0 Å². The van der Waals surface area contributed by atoms with Gasteiger partial charge in [-0.3, -0.25) is 0 Å². The molecule has 0 aromatic carbocycles. The summed E-state index contributed by atoms with van der Waals surface area (Å²) in [5.41, 5.74) is 7.53. The monoisotopic (exact) mass is 796 g/mol. The molecule has 5 rings (SSSR count). The van der Waals surface area contributed by atoms with Gasteiger partial charge in [-0.1, -0.05) is 69.2 Å². The van der Waals surface area contributed by atoms with Gasteiger partial charge in [0.1, 0.15) is 0 Å². The maximum absolute atomic E-state index is 9.75. The normalized spacial score (nSPS) is 27.7. The van der Waals surface area contributed by atoms with Crippen molar-refractivity contribution >= 4 is 23.1 Å². The zero-order chi connectivity index (χ0) is 31.5. The molecule has 3 saturated carbocycles. The molecule has 2 saturated heterocycles. The topological polar surface area (TPSA) is 0 Å². The van der Waals surface area contributed by atoms with Crippen molar-refractivity contribution in [2.75, 3.05) is 0 Å². The van der Waals surface area contributed by atoms with Gasteiger partial charge in [-0.05, 0) is 164 Å². The Hall–Kier alpha value is 1.79. The first-order valence-electron chi connectivity index (χ1n) is 16.9. The van der Waals surface area contributed by atoms with Crippen molar-refractivity contribution in [3.8, 4) is 0 Å². The molecule has 0 bridgehead atoms. The molecule has 2 aliphatic heterocycles. The predicted molar refractivity (Wildman–Crippen MR) is 185 cm³/mol. The number of halogens is 4. The van der Waals surface area contributed by atoms with E-state index in [1.807, 2.05) is 0 Å². The Kier molecular flexibility index (Phi) is 28.6. The molecule has 0 aromatic heterocycles. The first-order valence-corrected chi connectivity index (χ1v) is 19.9. The minimum absolute atomic E-state index is 0. The molecule has 257 valence electrons. The van der Waals surface area contributed by atoms with Gasteiger partial charge in [-0.25, -0.2) is 0 Å². The molecule has 3 aliphatic carbocycles. The summed E-state index contributed by atoms with van der Waals surface area (Å²) in [7, 11) is -5.59. The van der Waals surface area contributed by atoms with Crippen LogP contribution in [0.3, 0.4) is 0 Å². The third-order valence-electron chi connectivity index (χ3n) is 8.37. The second-order valence-electron chi connectivity index (χ2n) is 11.9. The van der Waals surface area contributed by atoms with Gasteiger partial charge in [0.15, 0.2) is 0 Å². The van der Waals surface area contributed by atoms with E-state index in [1.54, 1.807) is 11.3 Å². The summed E-state index contributed by atoms with van der Waals surface area (Å²) in [6, 6.07) is 0. The molecule has 0 unspecified atom stereocenters. The van der Waals surface area contributed by atoms with Gasteiger partial charge >= 0.3 is 24.3 Å². The van der Waals surface area contributed by atoms with E-state index >= 15 is 0 Å². The number of hydrogen-bond donors (Lipinski definition) is 0. The Morgan fingerprint density at radius 1 is 0.533 bits per heavy atom. The van der Waals surface area contributed by atoms with Crippen LogP contribution in [0.15, 0.2) is 0 Å². The molecule has 45 heavy (non-hydrogen) atoms. The minimum atomic E-state index is -6.00. The molecule has 9 heteroatoms. The Morgan fingerprint density at radius 2 is 0.756 bits per heavy atom. The SMILES string of the molecule is CCC[C@@H]1C[C@@H](CCC)P1[C]1[CH][CH][CH][CH]1.CCC[C@@H]1C[C@@H](CCC)P1[C]1[CH][CH][CH][CH]1.F[B-](F)(F)F.[CH]1[CH]CC[CH][CH]CC1.[Fe+2].[Rh]. The molecule has 4 atom stereocenters. The molecular weight excluding hydrogens is 740 g/mol. The fraction of sp³-hybridized carbons (Fsp3) is 0.611. The van der Waals surface area contributed by atoms with E-state index in [1.165, 1.54) is 89.9 Å². The minimum Gasteiger partial charge on any atom is -0.418 e. The first kappa shape index (κ1) is 46.8. The van der Waals surface area contributed by atoms with Crippen LogP contribution in [-0.4, -0.2) is 29.9 Å². The average Bonchev–Trinajstić information content (AvgIpc) is 3.62. The summed E-state index contributed by atoms with van der Waals surface area (Å²) < 4.78 is 39.0. The molecule has 0 spiro atoms. The van der Waals surface area contributed by atoms with E-state index in [2.05, 4.69) is 105 Å². The third kappa shape index (κ3) is 19.1. The summed E-state index contributed by atoms with van der Waals surface area (Å²) >= 11 is 0. The fourth-order valence-electron chi connectivity index (χ4n) is 6.53. The summed E-state index contributed by atoms with van der Waals surface area (Å²) in [5.74, 6) is 0. The van der Waals surface area contributed by atoms with Crippen LogP contribution in [0.25, 0.3) is 0 Å². The van der Waals surface area contributed by atoms with Crippen molar-refractivity contribution < 1.29 is 53.8 Å². The van der Waals surface area contributed by atoms with Crippen LogP contribution in [0.5, 0.6) is 0 Å². The molecule has 0 aromatic rings. The maximum atomic E-state index is 9.75. The zero-order valence-electron chi connectivity index (χ0n) is 27.8. The first-order chi connectivity index (χ1) is 20.7. The molecule has 0 nitrogen and oxygen atoms in total. The fourth-order valence-corrected chi connectivity index (χ4v) is 13.7. The van der Waals surface area contributed by atoms with Crippen LogP contribution in [0, 0.1) is 88.4 Å². The van der Waals surface area contributed by atoms with Crippen LogP contribution in [-0.2, 0) is 36.5 Å². The second kappa shape index (κ2) is 27.5.